The molecule has 0 aliphatic heterocycles. The van der Waals surface area contributed by atoms with Crippen LogP contribution in [0, 0.1) is 11.3 Å². The summed E-state index contributed by atoms with van der Waals surface area (Å²) >= 11 is 0. The molecular weight excluding hydrogens is 384 g/mol. The lowest BCUT2D eigenvalue weighted by Crippen LogP contribution is -2.40. The molecule has 0 fully saturated rings. The Kier molecular flexibility index (Phi) is 5.93. The van der Waals surface area contributed by atoms with E-state index < -0.39 is 17.3 Å². The predicted molar refractivity (Wildman–Crippen MR) is 113 cm³/mol. The first-order valence-corrected chi connectivity index (χ1v) is 9.15. The summed E-state index contributed by atoms with van der Waals surface area (Å²) in [5, 5.41) is 12.8. The molecule has 0 bridgehead atoms. The maximum absolute atomic E-state index is 12.5. The van der Waals surface area contributed by atoms with Crippen molar-refractivity contribution < 1.29 is 9.47 Å². The van der Waals surface area contributed by atoms with Crippen LogP contribution in [0.2, 0.25) is 0 Å². The first-order valence-electron chi connectivity index (χ1n) is 9.15. The van der Waals surface area contributed by atoms with Crippen LogP contribution in [0.4, 0.5) is 5.82 Å². The lowest BCUT2D eigenvalue weighted by atomic mass is 9.98. The third-order valence-electron chi connectivity index (χ3n) is 4.91. The molecule has 0 atom stereocenters. The van der Waals surface area contributed by atoms with Gasteiger partial charge in [-0.3, -0.25) is 13.9 Å². The highest BCUT2D eigenvalue weighted by Gasteiger charge is 2.22. The van der Waals surface area contributed by atoms with E-state index in [9.17, 15) is 14.9 Å². The van der Waals surface area contributed by atoms with Crippen molar-refractivity contribution in [1.29, 1.82) is 5.26 Å². The fourth-order valence-electron chi connectivity index (χ4n) is 3.25. The zero-order valence-electron chi connectivity index (χ0n) is 17.2. The third-order valence-corrected chi connectivity index (χ3v) is 4.91. The minimum Gasteiger partial charge on any atom is -0.497 e. The van der Waals surface area contributed by atoms with Gasteiger partial charge in [0.15, 0.2) is 5.56 Å². The third kappa shape index (κ3) is 3.78. The van der Waals surface area contributed by atoms with Gasteiger partial charge in [0, 0.05) is 14.1 Å². The minimum absolute atomic E-state index is 0.140. The molecule has 1 heterocycles. The predicted octanol–water partition coefficient (Wildman–Crippen LogP) is 2.17. The van der Waals surface area contributed by atoms with Gasteiger partial charge in [-0.05, 0) is 35.4 Å². The summed E-state index contributed by atoms with van der Waals surface area (Å²) in [5.74, 6) is 1.45. The van der Waals surface area contributed by atoms with Crippen LogP contribution >= 0.6 is 0 Å². The topological polar surface area (TPSA) is 98.3 Å². The second kappa shape index (κ2) is 8.57. The molecule has 1 aromatic heterocycles. The molecule has 0 saturated carbocycles. The average molecular weight is 406 g/mol. The Labute approximate surface area is 173 Å². The fourth-order valence-corrected chi connectivity index (χ4v) is 3.25. The molecule has 0 aliphatic rings. The summed E-state index contributed by atoms with van der Waals surface area (Å²) in [4.78, 5) is 25.0. The van der Waals surface area contributed by atoms with E-state index in [2.05, 4.69) is 5.32 Å². The van der Waals surface area contributed by atoms with E-state index >= 15 is 0 Å². The Hall–Kier alpha value is -3.99. The Morgan fingerprint density at radius 3 is 1.93 bits per heavy atom. The number of nitriles is 1. The van der Waals surface area contributed by atoms with Gasteiger partial charge >= 0.3 is 5.69 Å². The highest BCUT2D eigenvalue weighted by molar-refractivity contribution is 5.55. The molecule has 0 unspecified atom stereocenters. The second-order valence-electron chi connectivity index (χ2n) is 6.67. The summed E-state index contributed by atoms with van der Waals surface area (Å²) in [5.41, 5.74) is 0.310. The summed E-state index contributed by atoms with van der Waals surface area (Å²) in [6.07, 6.45) is 0. The van der Waals surface area contributed by atoms with Crippen molar-refractivity contribution in [1.82, 2.24) is 9.13 Å². The van der Waals surface area contributed by atoms with E-state index in [0.717, 1.165) is 15.7 Å². The van der Waals surface area contributed by atoms with Crippen molar-refractivity contribution >= 4 is 5.82 Å². The van der Waals surface area contributed by atoms with Gasteiger partial charge in [0.1, 0.15) is 23.4 Å². The van der Waals surface area contributed by atoms with Crippen LogP contribution < -0.4 is 26.0 Å². The normalized spacial score (nSPS) is 10.5. The van der Waals surface area contributed by atoms with Gasteiger partial charge in [0.25, 0.3) is 5.56 Å². The van der Waals surface area contributed by atoms with E-state index in [4.69, 9.17) is 9.47 Å². The number of nitrogens with zero attached hydrogens (tertiary/aromatic N) is 3. The van der Waals surface area contributed by atoms with Gasteiger partial charge in [-0.2, -0.15) is 5.26 Å². The number of ether oxygens (including phenoxy) is 2. The molecule has 3 aromatic rings. The number of hydrogen-bond acceptors (Lipinski definition) is 6. The van der Waals surface area contributed by atoms with Crippen LogP contribution in [0.15, 0.2) is 58.1 Å². The van der Waals surface area contributed by atoms with Crippen molar-refractivity contribution in [3.8, 4) is 17.6 Å². The van der Waals surface area contributed by atoms with Gasteiger partial charge in [0.05, 0.1) is 20.3 Å². The summed E-state index contributed by atoms with van der Waals surface area (Å²) in [6.45, 7) is 0. The Morgan fingerprint density at radius 2 is 1.47 bits per heavy atom. The Morgan fingerprint density at radius 1 is 0.933 bits per heavy atom. The van der Waals surface area contributed by atoms with Crippen LogP contribution in [-0.2, 0) is 14.1 Å². The van der Waals surface area contributed by atoms with Gasteiger partial charge < -0.3 is 14.8 Å². The standard InChI is InChI=1S/C22H22N4O4/c1-25-20(18(13-23)21(27)26(2)22(25)28)24-19(14-7-5-9-16(11-14)29-3)15-8-6-10-17(12-15)30-4/h5-12,19,24H,1-4H3. The van der Waals surface area contributed by atoms with Crippen molar-refractivity contribution in [2.45, 2.75) is 6.04 Å². The molecule has 8 heteroatoms. The van der Waals surface area contributed by atoms with Crippen LogP contribution in [0.25, 0.3) is 0 Å². The SMILES string of the molecule is COc1cccc(C(Nc2c(C#N)c(=O)n(C)c(=O)n2C)c2cccc(OC)c2)c1. The number of aromatic nitrogens is 2. The van der Waals surface area contributed by atoms with Crippen molar-refractivity contribution in [2.75, 3.05) is 19.5 Å². The molecule has 1 N–H and O–H groups in total. The first-order chi connectivity index (χ1) is 14.4. The number of rotatable bonds is 6. The quantitative estimate of drug-likeness (QED) is 0.674. The first kappa shape index (κ1) is 20.7. The molecule has 8 nitrogen and oxygen atoms in total. The lowest BCUT2D eigenvalue weighted by molar-refractivity contribution is 0.413. The number of methoxy groups -OCH3 is 2. The van der Waals surface area contributed by atoms with Crippen molar-refractivity contribution in [3.05, 3.63) is 86.1 Å². The lowest BCUT2D eigenvalue weighted by Gasteiger charge is -2.24. The largest absolute Gasteiger partial charge is 0.497 e. The zero-order valence-corrected chi connectivity index (χ0v) is 17.2. The molecule has 0 radical (unpaired) electrons. The summed E-state index contributed by atoms with van der Waals surface area (Å²) < 4.78 is 12.9. The second-order valence-corrected chi connectivity index (χ2v) is 6.67. The van der Waals surface area contributed by atoms with E-state index in [1.807, 2.05) is 54.6 Å². The molecule has 0 spiro atoms. The highest BCUT2D eigenvalue weighted by Crippen LogP contribution is 2.31. The molecule has 0 aliphatic carbocycles. The van der Waals surface area contributed by atoms with E-state index in [1.54, 1.807) is 14.2 Å². The Balaban J connectivity index is 2.23. The molecule has 2 aromatic carbocycles. The fraction of sp³-hybridized carbons (Fsp3) is 0.227. The molecule has 0 amide bonds. The van der Waals surface area contributed by atoms with Crippen LogP contribution in [-0.4, -0.2) is 23.4 Å². The number of nitrogens with one attached hydrogen (secondary N) is 1. The van der Waals surface area contributed by atoms with E-state index in [1.165, 1.54) is 18.7 Å². The van der Waals surface area contributed by atoms with Crippen LogP contribution in [0.1, 0.15) is 22.7 Å². The van der Waals surface area contributed by atoms with Gasteiger partial charge in [-0.25, -0.2) is 4.79 Å². The maximum atomic E-state index is 12.5. The van der Waals surface area contributed by atoms with Crippen LogP contribution in [0.5, 0.6) is 11.5 Å². The van der Waals surface area contributed by atoms with Gasteiger partial charge in [-0.1, -0.05) is 24.3 Å². The monoisotopic (exact) mass is 406 g/mol. The van der Waals surface area contributed by atoms with Crippen molar-refractivity contribution in [2.24, 2.45) is 14.1 Å². The number of hydrogen-bond donors (Lipinski definition) is 1. The summed E-state index contributed by atoms with van der Waals surface area (Å²) in [6, 6.07) is 16.3. The molecule has 3 rings (SSSR count). The minimum atomic E-state index is -0.655. The highest BCUT2D eigenvalue weighted by atomic mass is 16.5. The maximum Gasteiger partial charge on any atom is 0.332 e. The molecule has 154 valence electrons. The van der Waals surface area contributed by atoms with Crippen molar-refractivity contribution in [3.63, 3.8) is 0 Å². The van der Waals surface area contributed by atoms with E-state index in [0.29, 0.717) is 11.5 Å². The van der Waals surface area contributed by atoms with Gasteiger partial charge in [-0.15, -0.1) is 0 Å². The number of benzene rings is 2. The Bertz CT molecular complexity index is 1190. The average Bonchev–Trinajstić information content (AvgIpc) is 2.79. The molecule has 0 saturated heterocycles. The zero-order chi connectivity index (χ0) is 21.8. The molecular formula is C22H22N4O4. The molecule has 30 heavy (non-hydrogen) atoms. The summed E-state index contributed by atoms with van der Waals surface area (Å²) in [7, 11) is 6.01. The van der Waals surface area contributed by atoms with Crippen LogP contribution in [0.3, 0.4) is 0 Å². The van der Waals surface area contributed by atoms with Gasteiger partial charge in [0.2, 0.25) is 0 Å². The van der Waals surface area contributed by atoms with E-state index in [-0.39, 0.29) is 11.4 Å². The number of anilines is 1. The smallest absolute Gasteiger partial charge is 0.332 e.